The number of hydrogen-bond donors (Lipinski definition) is 2. The van der Waals surface area contributed by atoms with Crippen molar-refractivity contribution < 1.29 is 17.9 Å². The van der Waals surface area contributed by atoms with E-state index in [-0.39, 0.29) is 23.5 Å². The Morgan fingerprint density at radius 2 is 2.00 bits per heavy atom. The molecule has 0 spiro atoms. The van der Waals surface area contributed by atoms with E-state index in [4.69, 9.17) is 4.74 Å². The minimum absolute atomic E-state index is 0.0183. The number of thiazole rings is 1. The van der Waals surface area contributed by atoms with Crippen LogP contribution in [0.2, 0.25) is 0 Å². The molecule has 3 rings (SSSR count). The van der Waals surface area contributed by atoms with E-state index < -0.39 is 10.0 Å². The van der Waals surface area contributed by atoms with Crippen molar-refractivity contribution in [3.05, 3.63) is 34.8 Å². The smallest absolute Gasteiger partial charge is 0.321 e. The fourth-order valence-corrected chi connectivity index (χ4v) is 5.23. The van der Waals surface area contributed by atoms with E-state index in [2.05, 4.69) is 15.6 Å². The number of carbonyl (C=O) groups excluding carboxylic acids is 1. The average molecular weight is 411 g/mol. The van der Waals surface area contributed by atoms with Gasteiger partial charge in [-0.25, -0.2) is 18.2 Å². The van der Waals surface area contributed by atoms with Crippen LogP contribution < -0.4 is 15.4 Å². The molecule has 0 bridgehead atoms. The van der Waals surface area contributed by atoms with Crippen molar-refractivity contribution in [2.45, 2.75) is 37.8 Å². The summed E-state index contributed by atoms with van der Waals surface area (Å²) < 4.78 is 32.3. The summed E-state index contributed by atoms with van der Waals surface area (Å²) in [7, 11) is -2.07. The van der Waals surface area contributed by atoms with Crippen molar-refractivity contribution in [1.29, 1.82) is 0 Å². The number of aromatic nitrogens is 1. The normalized spacial score (nSPS) is 14.7. The van der Waals surface area contributed by atoms with Crippen LogP contribution in [0, 0.1) is 0 Å². The van der Waals surface area contributed by atoms with Crippen LogP contribution in [-0.2, 0) is 23.0 Å². The van der Waals surface area contributed by atoms with Crippen molar-refractivity contribution >= 4 is 32.5 Å². The van der Waals surface area contributed by atoms with Crippen LogP contribution in [0.1, 0.15) is 24.4 Å². The van der Waals surface area contributed by atoms with Gasteiger partial charge in [-0.2, -0.15) is 4.31 Å². The predicted molar refractivity (Wildman–Crippen MR) is 104 cm³/mol. The van der Waals surface area contributed by atoms with Crippen molar-refractivity contribution in [3.8, 4) is 5.75 Å². The Bertz CT molecular complexity index is 923. The summed E-state index contributed by atoms with van der Waals surface area (Å²) in [5.74, 6) is 0.604. The van der Waals surface area contributed by atoms with Gasteiger partial charge in [-0.15, -0.1) is 0 Å². The molecule has 27 heavy (non-hydrogen) atoms. The number of amides is 2. The monoisotopic (exact) mass is 410 g/mol. The molecule has 0 radical (unpaired) electrons. The molecule has 1 aromatic heterocycles. The number of hydrogen-bond acceptors (Lipinski definition) is 6. The molecule has 2 amide bonds. The van der Waals surface area contributed by atoms with Crippen molar-refractivity contribution in [3.63, 3.8) is 0 Å². The SMILES string of the molecule is COc1ccc(S(=O)(=O)N2CCc3nc(NC(=O)NC(C)C)sc3C2)cc1. The summed E-state index contributed by atoms with van der Waals surface area (Å²) in [6.07, 6.45) is 0.509. The number of urea groups is 1. The molecule has 1 aromatic carbocycles. The summed E-state index contributed by atoms with van der Waals surface area (Å²) in [6.45, 7) is 4.33. The van der Waals surface area contributed by atoms with Gasteiger partial charge in [0.15, 0.2) is 5.13 Å². The maximum Gasteiger partial charge on any atom is 0.321 e. The van der Waals surface area contributed by atoms with Gasteiger partial charge in [0, 0.05) is 23.9 Å². The zero-order valence-electron chi connectivity index (χ0n) is 15.4. The molecule has 0 unspecified atom stereocenters. The lowest BCUT2D eigenvalue weighted by atomic mass is 10.2. The highest BCUT2D eigenvalue weighted by atomic mass is 32.2. The maximum absolute atomic E-state index is 12.9. The number of benzene rings is 1. The lowest BCUT2D eigenvalue weighted by molar-refractivity contribution is 0.250. The Morgan fingerprint density at radius 1 is 1.30 bits per heavy atom. The lowest BCUT2D eigenvalue weighted by Crippen LogP contribution is -2.35. The molecule has 1 aliphatic heterocycles. The first kappa shape index (κ1) is 19.6. The highest BCUT2D eigenvalue weighted by Crippen LogP contribution is 2.31. The van der Waals surface area contributed by atoms with Gasteiger partial charge in [0.25, 0.3) is 0 Å². The topological polar surface area (TPSA) is 101 Å². The number of methoxy groups -OCH3 is 1. The second-order valence-electron chi connectivity index (χ2n) is 6.41. The van der Waals surface area contributed by atoms with Crippen LogP contribution in [0.5, 0.6) is 5.75 Å². The third kappa shape index (κ3) is 4.40. The first-order valence-electron chi connectivity index (χ1n) is 8.50. The van der Waals surface area contributed by atoms with Crippen LogP contribution >= 0.6 is 11.3 Å². The number of rotatable bonds is 5. The van der Waals surface area contributed by atoms with Gasteiger partial charge in [-0.3, -0.25) is 5.32 Å². The number of anilines is 1. The van der Waals surface area contributed by atoms with Crippen molar-refractivity contribution in [2.75, 3.05) is 19.0 Å². The van der Waals surface area contributed by atoms with Crippen molar-refractivity contribution in [2.24, 2.45) is 0 Å². The fraction of sp³-hybridized carbons (Fsp3) is 0.412. The van der Waals surface area contributed by atoms with Crippen LogP contribution in [0.15, 0.2) is 29.2 Å². The first-order valence-corrected chi connectivity index (χ1v) is 10.8. The highest BCUT2D eigenvalue weighted by molar-refractivity contribution is 7.89. The molecule has 2 aromatic rings. The zero-order valence-corrected chi connectivity index (χ0v) is 17.0. The molecular formula is C17H22N4O4S2. The molecule has 146 valence electrons. The molecule has 2 heterocycles. The number of carbonyl (C=O) groups is 1. The van der Waals surface area contributed by atoms with Gasteiger partial charge in [0.1, 0.15) is 5.75 Å². The van der Waals surface area contributed by atoms with E-state index in [0.29, 0.717) is 23.8 Å². The Balaban J connectivity index is 1.74. The number of nitrogens with zero attached hydrogens (tertiary/aromatic N) is 2. The van der Waals surface area contributed by atoms with Crippen LogP contribution in [0.3, 0.4) is 0 Å². The third-order valence-corrected chi connectivity index (χ3v) is 6.89. The molecule has 2 N–H and O–H groups in total. The number of fused-ring (bicyclic) bond motifs is 1. The Hall–Kier alpha value is -2.17. The molecule has 0 aliphatic carbocycles. The number of sulfonamides is 1. The molecule has 8 nitrogen and oxygen atoms in total. The van der Waals surface area contributed by atoms with Crippen LogP contribution in [0.25, 0.3) is 0 Å². The van der Waals surface area contributed by atoms with E-state index >= 15 is 0 Å². The largest absolute Gasteiger partial charge is 0.497 e. The molecule has 10 heteroatoms. The van der Waals surface area contributed by atoms with Gasteiger partial charge >= 0.3 is 6.03 Å². The third-order valence-electron chi connectivity index (χ3n) is 4.03. The fourth-order valence-electron chi connectivity index (χ4n) is 2.72. The molecular weight excluding hydrogens is 388 g/mol. The molecule has 0 atom stereocenters. The van der Waals surface area contributed by atoms with E-state index in [0.717, 1.165) is 10.6 Å². The Morgan fingerprint density at radius 3 is 2.63 bits per heavy atom. The standard InChI is InChI=1S/C17H22N4O4S2/c1-11(2)18-16(22)20-17-19-14-8-9-21(10-15(14)26-17)27(23,24)13-6-4-12(25-3)5-7-13/h4-7,11H,8-10H2,1-3H3,(H2,18,19,20,22). The van der Waals surface area contributed by atoms with E-state index in [1.54, 1.807) is 24.3 Å². The van der Waals surface area contributed by atoms with E-state index in [1.165, 1.54) is 22.8 Å². The Labute approximate surface area is 162 Å². The molecule has 0 saturated carbocycles. The summed E-state index contributed by atoms with van der Waals surface area (Å²) in [6, 6.07) is 6.04. The summed E-state index contributed by atoms with van der Waals surface area (Å²) in [5, 5.41) is 5.91. The minimum Gasteiger partial charge on any atom is -0.497 e. The average Bonchev–Trinajstić information content (AvgIpc) is 3.02. The second kappa shape index (κ2) is 7.83. The minimum atomic E-state index is -3.60. The maximum atomic E-state index is 12.9. The number of nitrogens with one attached hydrogen (secondary N) is 2. The number of ether oxygens (including phenoxy) is 1. The molecule has 1 aliphatic rings. The summed E-state index contributed by atoms with van der Waals surface area (Å²) in [4.78, 5) is 17.3. The Kier molecular flexibility index (Phi) is 5.68. The van der Waals surface area contributed by atoms with E-state index in [1.807, 2.05) is 13.8 Å². The van der Waals surface area contributed by atoms with Crippen molar-refractivity contribution in [1.82, 2.24) is 14.6 Å². The highest BCUT2D eigenvalue weighted by Gasteiger charge is 2.30. The van der Waals surface area contributed by atoms with Gasteiger partial charge in [-0.05, 0) is 38.1 Å². The predicted octanol–water partition coefficient (Wildman–Crippen LogP) is 2.43. The quantitative estimate of drug-likeness (QED) is 0.788. The summed E-state index contributed by atoms with van der Waals surface area (Å²) >= 11 is 1.30. The first-order chi connectivity index (χ1) is 12.8. The second-order valence-corrected chi connectivity index (χ2v) is 9.43. The van der Waals surface area contributed by atoms with Gasteiger partial charge in [0.05, 0.1) is 24.2 Å². The van der Waals surface area contributed by atoms with Gasteiger partial charge in [0.2, 0.25) is 10.0 Å². The van der Waals surface area contributed by atoms with Crippen LogP contribution in [0.4, 0.5) is 9.93 Å². The van der Waals surface area contributed by atoms with Crippen LogP contribution in [-0.4, -0.2) is 43.4 Å². The van der Waals surface area contributed by atoms with E-state index in [9.17, 15) is 13.2 Å². The van der Waals surface area contributed by atoms with Gasteiger partial charge < -0.3 is 10.1 Å². The lowest BCUT2D eigenvalue weighted by Gasteiger charge is -2.25. The zero-order chi connectivity index (χ0) is 19.6. The molecule has 0 saturated heterocycles. The molecule has 0 fully saturated rings. The summed E-state index contributed by atoms with van der Waals surface area (Å²) in [5.41, 5.74) is 0.834. The van der Waals surface area contributed by atoms with Gasteiger partial charge in [-0.1, -0.05) is 11.3 Å².